The van der Waals surface area contributed by atoms with Gasteiger partial charge >= 0.3 is 0 Å². The maximum Gasteiger partial charge on any atom is 0.266 e. The third kappa shape index (κ3) is 5.03. The molecule has 7 heteroatoms. The van der Waals surface area contributed by atoms with Crippen molar-refractivity contribution in [2.75, 3.05) is 5.32 Å². The number of anilines is 1. The number of aromatic nitrogens is 3. The third-order valence-corrected chi connectivity index (χ3v) is 6.57. The Hall–Kier alpha value is -4.54. The molecule has 5 rings (SSSR count). The summed E-state index contributed by atoms with van der Waals surface area (Å²) in [7, 11) is 0. The Balaban J connectivity index is 1.39. The third-order valence-electron chi connectivity index (χ3n) is 5.39. The Labute approximate surface area is 205 Å². The number of nitrogens with one attached hydrogen (secondary N) is 2. The van der Waals surface area contributed by atoms with Crippen molar-refractivity contribution in [1.82, 2.24) is 15.0 Å². The predicted octanol–water partition coefficient (Wildman–Crippen LogP) is 4.93. The number of H-pyrrole nitrogens is 1. The molecular weight excluding hydrogens is 456 g/mol. The molecular formula is C28H20N4O2S. The fourth-order valence-electron chi connectivity index (χ4n) is 3.71. The molecule has 0 atom stereocenters. The SMILES string of the molecule is Cc1c(C(=O)Nc2cccc(C#Cc3ccccn3)c2)sc2nc(Cc3ccccc3)[nH]c(=O)c12. The van der Waals surface area contributed by atoms with Gasteiger partial charge in [0, 0.05) is 23.9 Å². The molecule has 0 aliphatic heterocycles. The molecule has 0 aliphatic rings. The summed E-state index contributed by atoms with van der Waals surface area (Å²) < 4.78 is 0. The van der Waals surface area contributed by atoms with Crippen molar-refractivity contribution < 1.29 is 4.79 Å². The molecule has 0 unspecified atom stereocenters. The van der Waals surface area contributed by atoms with Crippen LogP contribution in [-0.4, -0.2) is 20.9 Å². The van der Waals surface area contributed by atoms with Crippen LogP contribution in [0.1, 0.15) is 37.9 Å². The van der Waals surface area contributed by atoms with Crippen molar-refractivity contribution in [3.05, 3.63) is 122 Å². The van der Waals surface area contributed by atoms with E-state index in [4.69, 9.17) is 0 Å². The lowest BCUT2D eigenvalue weighted by Gasteiger charge is -2.05. The number of nitrogens with zero attached hydrogens (tertiary/aromatic N) is 2. The van der Waals surface area contributed by atoms with E-state index in [-0.39, 0.29) is 11.5 Å². The van der Waals surface area contributed by atoms with Gasteiger partial charge in [0.2, 0.25) is 0 Å². The number of benzene rings is 2. The van der Waals surface area contributed by atoms with E-state index in [1.807, 2.05) is 60.7 Å². The predicted molar refractivity (Wildman–Crippen MR) is 139 cm³/mol. The van der Waals surface area contributed by atoms with E-state index in [0.29, 0.717) is 44.3 Å². The summed E-state index contributed by atoms with van der Waals surface area (Å²) in [5.41, 5.74) is 3.48. The number of amides is 1. The Morgan fingerprint density at radius 1 is 1.03 bits per heavy atom. The number of hydrogen-bond acceptors (Lipinski definition) is 5. The molecule has 170 valence electrons. The Bertz CT molecular complexity index is 1650. The van der Waals surface area contributed by atoms with Crippen molar-refractivity contribution in [2.45, 2.75) is 13.3 Å². The lowest BCUT2D eigenvalue weighted by Crippen LogP contribution is -2.13. The van der Waals surface area contributed by atoms with Crippen molar-refractivity contribution in [3.63, 3.8) is 0 Å². The summed E-state index contributed by atoms with van der Waals surface area (Å²) >= 11 is 1.22. The van der Waals surface area contributed by atoms with Crippen LogP contribution in [0.15, 0.2) is 83.8 Å². The van der Waals surface area contributed by atoms with Crippen molar-refractivity contribution >= 4 is 33.1 Å². The minimum absolute atomic E-state index is 0.236. The number of aromatic amines is 1. The molecule has 3 heterocycles. The van der Waals surface area contributed by atoms with Crippen molar-refractivity contribution in [3.8, 4) is 11.8 Å². The number of rotatable bonds is 4. The highest BCUT2D eigenvalue weighted by atomic mass is 32.1. The van der Waals surface area contributed by atoms with E-state index in [9.17, 15) is 9.59 Å². The number of pyridine rings is 1. The van der Waals surface area contributed by atoms with Gasteiger partial charge in [-0.3, -0.25) is 9.59 Å². The first kappa shape index (κ1) is 22.3. The van der Waals surface area contributed by atoms with Crippen LogP contribution in [-0.2, 0) is 6.42 Å². The zero-order chi connectivity index (χ0) is 24.2. The minimum Gasteiger partial charge on any atom is -0.321 e. The zero-order valence-electron chi connectivity index (χ0n) is 18.8. The monoisotopic (exact) mass is 476 g/mol. The number of hydrogen-bond donors (Lipinski definition) is 2. The van der Waals surface area contributed by atoms with Crippen LogP contribution in [0.4, 0.5) is 5.69 Å². The molecule has 6 nitrogen and oxygen atoms in total. The number of thiophene rings is 1. The molecule has 0 aliphatic carbocycles. The van der Waals surface area contributed by atoms with Crippen LogP contribution in [0.3, 0.4) is 0 Å². The maximum absolute atomic E-state index is 13.1. The zero-order valence-corrected chi connectivity index (χ0v) is 19.6. The fraction of sp³-hybridized carbons (Fsp3) is 0.0714. The van der Waals surface area contributed by atoms with Gasteiger partial charge in [0.1, 0.15) is 16.3 Å². The van der Waals surface area contributed by atoms with Crippen molar-refractivity contribution in [2.24, 2.45) is 0 Å². The van der Waals surface area contributed by atoms with Gasteiger partial charge in [0.05, 0.1) is 10.3 Å². The summed E-state index contributed by atoms with van der Waals surface area (Å²) in [6.07, 6.45) is 2.20. The maximum atomic E-state index is 13.1. The molecule has 3 aromatic heterocycles. The average molecular weight is 477 g/mol. The van der Waals surface area contributed by atoms with E-state index >= 15 is 0 Å². The fourth-order valence-corrected chi connectivity index (χ4v) is 4.81. The van der Waals surface area contributed by atoms with Crippen LogP contribution in [0.2, 0.25) is 0 Å². The summed E-state index contributed by atoms with van der Waals surface area (Å²) in [6, 6.07) is 22.7. The minimum atomic E-state index is -0.288. The van der Waals surface area contributed by atoms with Crippen LogP contribution in [0.5, 0.6) is 0 Å². The highest BCUT2D eigenvalue weighted by Crippen LogP contribution is 2.28. The molecule has 1 amide bonds. The highest BCUT2D eigenvalue weighted by Gasteiger charge is 2.19. The Morgan fingerprint density at radius 2 is 1.86 bits per heavy atom. The molecule has 2 N–H and O–H groups in total. The largest absolute Gasteiger partial charge is 0.321 e. The first-order valence-electron chi connectivity index (χ1n) is 11.0. The van der Waals surface area contributed by atoms with Gasteiger partial charge in [-0.25, -0.2) is 9.97 Å². The molecule has 0 saturated carbocycles. The van der Waals surface area contributed by atoms with Crippen molar-refractivity contribution in [1.29, 1.82) is 0 Å². The molecule has 0 radical (unpaired) electrons. The van der Waals surface area contributed by atoms with Gasteiger partial charge in [-0.2, -0.15) is 0 Å². The lowest BCUT2D eigenvalue weighted by molar-refractivity contribution is 0.103. The Morgan fingerprint density at radius 3 is 2.66 bits per heavy atom. The molecule has 0 saturated heterocycles. The quantitative estimate of drug-likeness (QED) is 0.360. The van der Waals surface area contributed by atoms with Crippen LogP contribution in [0.25, 0.3) is 10.2 Å². The summed E-state index contributed by atoms with van der Waals surface area (Å²) in [6.45, 7) is 1.77. The molecule has 0 bridgehead atoms. The van der Waals surface area contributed by atoms with E-state index in [1.165, 1.54) is 11.3 Å². The smallest absolute Gasteiger partial charge is 0.266 e. The summed E-state index contributed by atoms with van der Waals surface area (Å²) in [4.78, 5) is 38.6. The summed E-state index contributed by atoms with van der Waals surface area (Å²) in [5.74, 6) is 6.36. The van der Waals surface area contributed by atoms with Gasteiger partial charge in [0.15, 0.2) is 0 Å². The van der Waals surface area contributed by atoms with E-state index in [1.54, 1.807) is 25.3 Å². The number of aryl methyl sites for hydroxylation is 1. The lowest BCUT2D eigenvalue weighted by atomic mass is 10.1. The second kappa shape index (κ2) is 9.75. The van der Waals surface area contributed by atoms with E-state index in [2.05, 4.69) is 32.1 Å². The van der Waals surface area contributed by atoms with Gasteiger partial charge in [0.25, 0.3) is 11.5 Å². The van der Waals surface area contributed by atoms with Gasteiger partial charge in [-0.05, 0) is 54.3 Å². The van der Waals surface area contributed by atoms with Crippen LogP contribution >= 0.6 is 11.3 Å². The highest BCUT2D eigenvalue weighted by molar-refractivity contribution is 7.20. The molecule has 2 aromatic carbocycles. The van der Waals surface area contributed by atoms with E-state index in [0.717, 1.165) is 11.1 Å². The van der Waals surface area contributed by atoms with Gasteiger partial charge < -0.3 is 10.3 Å². The normalized spacial score (nSPS) is 10.5. The molecule has 35 heavy (non-hydrogen) atoms. The first-order chi connectivity index (χ1) is 17.1. The van der Waals surface area contributed by atoms with E-state index < -0.39 is 0 Å². The second-order valence-corrected chi connectivity index (χ2v) is 8.91. The standard InChI is InChI=1S/C28H20N4O2S/c1-18-24-26(33)31-23(17-19-8-3-2-4-9-19)32-28(24)35-25(18)27(34)30-22-12-7-10-20(16-22)13-14-21-11-5-6-15-29-21/h2-12,15-16H,17H2,1H3,(H,30,34)(H,31,32,33). The molecule has 0 spiro atoms. The molecule has 0 fully saturated rings. The topological polar surface area (TPSA) is 87.7 Å². The Kier molecular flexibility index (Phi) is 6.20. The number of carbonyl (C=O) groups excluding carboxylic acids is 1. The molecule has 5 aromatic rings. The number of fused-ring (bicyclic) bond motifs is 1. The average Bonchev–Trinajstić information content (AvgIpc) is 3.21. The van der Waals surface area contributed by atoms with Crippen LogP contribution in [0, 0.1) is 18.8 Å². The van der Waals surface area contributed by atoms with Gasteiger partial charge in [-0.15, -0.1) is 11.3 Å². The van der Waals surface area contributed by atoms with Crippen LogP contribution < -0.4 is 10.9 Å². The summed E-state index contributed by atoms with van der Waals surface area (Å²) in [5, 5.41) is 3.37. The first-order valence-corrected chi connectivity index (χ1v) is 11.8. The second-order valence-electron chi connectivity index (χ2n) is 7.91. The van der Waals surface area contributed by atoms with Gasteiger partial charge in [-0.1, -0.05) is 48.4 Å². The number of carbonyl (C=O) groups is 1.